The first-order chi connectivity index (χ1) is 8.12. The van der Waals surface area contributed by atoms with Crippen LogP contribution in [0.1, 0.15) is 24.2 Å². The standard InChI is InChI=1S/C15H17NO/c1-15(16,13-10-6-3-7-11-13)14(17)12-8-4-2-5-9-12/h2-11,14,17H,16H2,1H3. The van der Waals surface area contributed by atoms with E-state index in [-0.39, 0.29) is 0 Å². The molecule has 0 aromatic heterocycles. The summed E-state index contributed by atoms with van der Waals surface area (Å²) in [7, 11) is 0. The molecular weight excluding hydrogens is 210 g/mol. The molecule has 3 N–H and O–H groups in total. The lowest BCUT2D eigenvalue weighted by molar-refractivity contribution is 0.0932. The molecule has 0 bridgehead atoms. The van der Waals surface area contributed by atoms with E-state index < -0.39 is 11.6 Å². The summed E-state index contributed by atoms with van der Waals surface area (Å²) in [6.07, 6.45) is -0.717. The first kappa shape index (κ1) is 11.8. The Balaban J connectivity index is 2.33. The molecule has 0 aliphatic rings. The van der Waals surface area contributed by atoms with Crippen LogP contribution in [0.25, 0.3) is 0 Å². The maximum absolute atomic E-state index is 10.4. The SMILES string of the molecule is CC(N)(c1ccccc1)C(O)c1ccccc1. The summed E-state index contributed by atoms with van der Waals surface area (Å²) in [4.78, 5) is 0. The van der Waals surface area contributed by atoms with Crippen LogP contribution in [0.5, 0.6) is 0 Å². The van der Waals surface area contributed by atoms with Crippen molar-refractivity contribution in [2.75, 3.05) is 0 Å². The van der Waals surface area contributed by atoms with Gasteiger partial charge < -0.3 is 10.8 Å². The van der Waals surface area contributed by atoms with Gasteiger partial charge in [-0.25, -0.2) is 0 Å². The highest BCUT2D eigenvalue weighted by Crippen LogP contribution is 2.32. The second-order valence-corrected chi connectivity index (χ2v) is 4.46. The molecule has 2 heteroatoms. The Morgan fingerprint density at radius 1 is 0.941 bits per heavy atom. The number of benzene rings is 2. The van der Waals surface area contributed by atoms with E-state index in [0.717, 1.165) is 11.1 Å². The number of nitrogens with two attached hydrogens (primary N) is 1. The van der Waals surface area contributed by atoms with Gasteiger partial charge in [-0.1, -0.05) is 60.7 Å². The van der Waals surface area contributed by atoms with Gasteiger partial charge in [-0.3, -0.25) is 0 Å². The van der Waals surface area contributed by atoms with Gasteiger partial charge in [0.25, 0.3) is 0 Å². The van der Waals surface area contributed by atoms with Crippen LogP contribution in [0, 0.1) is 0 Å². The molecule has 0 fully saturated rings. The summed E-state index contributed by atoms with van der Waals surface area (Å²) >= 11 is 0. The van der Waals surface area contributed by atoms with E-state index in [1.165, 1.54) is 0 Å². The quantitative estimate of drug-likeness (QED) is 0.846. The van der Waals surface area contributed by atoms with E-state index >= 15 is 0 Å². The third-order valence-corrected chi connectivity index (χ3v) is 3.08. The van der Waals surface area contributed by atoms with Gasteiger partial charge in [0.2, 0.25) is 0 Å². The minimum atomic E-state index is -0.789. The lowest BCUT2D eigenvalue weighted by Gasteiger charge is -2.31. The second kappa shape index (κ2) is 4.70. The minimum absolute atomic E-state index is 0.717. The lowest BCUT2D eigenvalue weighted by Crippen LogP contribution is -2.39. The van der Waals surface area contributed by atoms with Crippen molar-refractivity contribution in [1.82, 2.24) is 0 Å². The molecule has 0 heterocycles. The fourth-order valence-electron chi connectivity index (χ4n) is 1.94. The lowest BCUT2D eigenvalue weighted by atomic mass is 9.84. The van der Waals surface area contributed by atoms with Crippen molar-refractivity contribution in [2.24, 2.45) is 5.73 Å². The van der Waals surface area contributed by atoms with Crippen molar-refractivity contribution < 1.29 is 5.11 Å². The van der Waals surface area contributed by atoms with E-state index in [1.54, 1.807) is 0 Å². The molecule has 2 atom stereocenters. The Hall–Kier alpha value is -1.64. The van der Waals surface area contributed by atoms with Crippen LogP contribution >= 0.6 is 0 Å². The first-order valence-corrected chi connectivity index (χ1v) is 5.70. The molecule has 0 saturated carbocycles. The molecule has 0 aliphatic carbocycles. The van der Waals surface area contributed by atoms with Gasteiger partial charge in [0.05, 0.1) is 5.54 Å². The molecule has 17 heavy (non-hydrogen) atoms. The molecule has 2 aromatic rings. The second-order valence-electron chi connectivity index (χ2n) is 4.46. The molecule has 2 aromatic carbocycles. The van der Waals surface area contributed by atoms with Crippen LogP contribution < -0.4 is 5.73 Å². The predicted octanol–water partition coefficient (Wildman–Crippen LogP) is 2.59. The van der Waals surface area contributed by atoms with Gasteiger partial charge in [0, 0.05) is 0 Å². The molecule has 0 spiro atoms. The van der Waals surface area contributed by atoms with Crippen molar-refractivity contribution in [3.05, 3.63) is 71.8 Å². The van der Waals surface area contributed by atoms with Gasteiger partial charge in [-0.2, -0.15) is 0 Å². The largest absolute Gasteiger partial charge is 0.386 e. The molecule has 2 unspecified atom stereocenters. The third kappa shape index (κ3) is 2.38. The first-order valence-electron chi connectivity index (χ1n) is 5.70. The van der Waals surface area contributed by atoms with Crippen molar-refractivity contribution in [2.45, 2.75) is 18.6 Å². The van der Waals surface area contributed by atoms with E-state index in [2.05, 4.69) is 0 Å². The molecule has 88 valence electrons. The number of hydrogen-bond acceptors (Lipinski definition) is 2. The smallest absolute Gasteiger partial charge is 0.101 e. The summed E-state index contributed by atoms with van der Waals surface area (Å²) in [6.45, 7) is 1.85. The average Bonchev–Trinajstić information content (AvgIpc) is 2.40. The molecular formula is C15H17NO. The van der Waals surface area contributed by atoms with Crippen LogP contribution in [0.15, 0.2) is 60.7 Å². The molecule has 2 rings (SSSR count). The average molecular weight is 227 g/mol. The normalized spacial score (nSPS) is 16.2. The highest BCUT2D eigenvalue weighted by Gasteiger charge is 2.31. The van der Waals surface area contributed by atoms with Crippen LogP contribution in [0.4, 0.5) is 0 Å². The van der Waals surface area contributed by atoms with Crippen molar-refractivity contribution in [3.63, 3.8) is 0 Å². The van der Waals surface area contributed by atoms with Gasteiger partial charge >= 0.3 is 0 Å². The monoisotopic (exact) mass is 227 g/mol. The fraction of sp³-hybridized carbons (Fsp3) is 0.200. The maximum Gasteiger partial charge on any atom is 0.101 e. The van der Waals surface area contributed by atoms with Gasteiger partial charge in [0.1, 0.15) is 6.10 Å². The molecule has 0 saturated heterocycles. The minimum Gasteiger partial charge on any atom is -0.386 e. The summed E-state index contributed by atoms with van der Waals surface area (Å²) in [6, 6.07) is 19.2. The van der Waals surface area contributed by atoms with Crippen molar-refractivity contribution >= 4 is 0 Å². The summed E-state index contributed by atoms with van der Waals surface area (Å²) < 4.78 is 0. The molecule has 0 radical (unpaired) electrons. The zero-order chi connectivity index (χ0) is 12.3. The van der Waals surface area contributed by atoms with Crippen molar-refractivity contribution in [1.29, 1.82) is 0 Å². The maximum atomic E-state index is 10.4. The number of rotatable bonds is 3. The molecule has 2 nitrogen and oxygen atoms in total. The Bertz CT molecular complexity index is 465. The van der Waals surface area contributed by atoms with E-state index in [9.17, 15) is 5.11 Å². The third-order valence-electron chi connectivity index (χ3n) is 3.08. The number of hydrogen-bond donors (Lipinski definition) is 2. The molecule has 0 aliphatic heterocycles. The van der Waals surface area contributed by atoms with Gasteiger partial charge in [-0.15, -0.1) is 0 Å². The Labute approximate surface area is 102 Å². The predicted molar refractivity (Wildman–Crippen MR) is 69.4 cm³/mol. The van der Waals surface area contributed by atoms with Crippen LogP contribution in [0.2, 0.25) is 0 Å². The van der Waals surface area contributed by atoms with Crippen LogP contribution in [0.3, 0.4) is 0 Å². The van der Waals surface area contributed by atoms with Crippen LogP contribution in [-0.4, -0.2) is 5.11 Å². The Kier molecular flexibility index (Phi) is 3.27. The number of aliphatic hydroxyl groups is 1. The van der Waals surface area contributed by atoms with E-state index in [4.69, 9.17) is 5.73 Å². The highest BCUT2D eigenvalue weighted by molar-refractivity contribution is 5.29. The Morgan fingerprint density at radius 2 is 1.41 bits per heavy atom. The van der Waals surface area contributed by atoms with Crippen LogP contribution in [-0.2, 0) is 5.54 Å². The van der Waals surface area contributed by atoms with Gasteiger partial charge in [0.15, 0.2) is 0 Å². The summed E-state index contributed by atoms with van der Waals surface area (Å²) in [5.74, 6) is 0. The zero-order valence-electron chi connectivity index (χ0n) is 9.88. The summed E-state index contributed by atoms with van der Waals surface area (Å²) in [5, 5.41) is 10.4. The fourth-order valence-corrected chi connectivity index (χ4v) is 1.94. The van der Waals surface area contributed by atoms with E-state index in [0.29, 0.717) is 0 Å². The Morgan fingerprint density at radius 3 is 1.94 bits per heavy atom. The topological polar surface area (TPSA) is 46.2 Å². The number of aliphatic hydroxyl groups excluding tert-OH is 1. The molecule has 0 amide bonds. The van der Waals surface area contributed by atoms with E-state index in [1.807, 2.05) is 67.6 Å². The highest BCUT2D eigenvalue weighted by atomic mass is 16.3. The van der Waals surface area contributed by atoms with Gasteiger partial charge in [-0.05, 0) is 18.1 Å². The zero-order valence-corrected chi connectivity index (χ0v) is 9.88. The van der Waals surface area contributed by atoms with Crippen molar-refractivity contribution in [3.8, 4) is 0 Å². The summed E-state index contributed by atoms with van der Waals surface area (Å²) in [5.41, 5.74) is 7.24.